The quantitative estimate of drug-likeness (QED) is 0.720. The zero-order chi connectivity index (χ0) is 11.8. The van der Waals surface area contributed by atoms with E-state index in [-0.39, 0.29) is 11.9 Å². The van der Waals surface area contributed by atoms with Crippen molar-refractivity contribution < 1.29 is 9.13 Å². The van der Waals surface area contributed by atoms with Gasteiger partial charge in [0.25, 0.3) is 0 Å². The second-order valence-corrected chi connectivity index (χ2v) is 3.63. The normalized spacial score (nSPS) is 12.7. The summed E-state index contributed by atoms with van der Waals surface area (Å²) in [7, 11) is 0. The minimum absolute atomic E-state index is 0.0710. The van der Waals surface area contributed by atoms with E-state index in [4.69, 9.17) is 4.74 Å². The second kappa shape index (κ2) is 7.36. The van der Waals surface area contributed by atoms with Crippen LogP contribution in [0.3, 0.4) is 0 Å². The van der Waals surface area contributed by atoms with Gasteiger partial charge in [-0.15, -0.1) is 0 Å². The highest BCUT2D eigenvalue weighted by atomic mass is 19.1. The molecule has 0 spiro atoms. The zero-order valence-corrected chi connectivity index (χ0v) is 10.0. The van der Waals surface area contributed by atoms with Gasteiger partial charge in [-0.3, -0.25) is 0 Å². The summed E-state index contributed by atoms with van der Waals surface area (Å²) in [4.78, 5) is 0. The molecule has 0 aromatic heterocycles. The predicted octanol–water partition coefficient (Wildman–Crippen LogP) is 2.90. The summed E-state index contributed by atoms with van der Waals surface area (Å²) in [6.07, 6.45) is 0.868. The first-order valence-corrected chi connectivity index (χ1v) is 5.85. The van der Waals surface area contributed by atoms with Crippen molar-refractivity contribution >= 4 is 0 Å². The minimum Gasteiger partial charge on any atom is -0.380 e. The molecule has 1 rings (SSSR count). The minimum atomic E-state index is -0.141. The van der Waals surface area contributed by atoms with Crippen LogP contribution in [0.15, 0.2) is 24.3 Å². The Labute approximate surface area is 96.8 Å². The highest BCUT2D eigenvalue weighted by molar-refractivity contribution is 5.20. The number of halogens is 1. The Balaban J connectivity index is 2.51. The maximum atomic E-state index is 13.5. The monoisotopic (exact) mass is 225 g/mol. The second-order valence-electron chi connectivity index (χ2n) is 3.63. The molecule has 90 valence electrons. The van der Waals surface area contributed by atoms with Crippen molar-refractivity contribution in [2.24, 2.45) is 0 Å². The van der Waals surface area contributed by atoms with Gasteiger partial charge in [0.1, 0.15) is 5.82 Å². The fourth-order valence-corrected chi connectivity index (χ4v) is 1.68. The molecule has 0 radical (unpaired) electrons. The van der Waals surface area contributed by atoms with Gasteiger partial charge in [-0.1, -0.05) is 25.1 Å². The first-order valence-electron chi connectivity index (χ1n) is 5.85. The molecule has 1 unspecified atom stereocenters. The van der Waals surface area contributed by atoms with E-state index in [1.807, 2.05) is 26.0 Å². The molecule has 3 heteroatoms. The first kappa shape index (κ1) is 13.1. The van der Waals surface area contributed by atoms with Crippen molar-refractivity contribution in [1.29, 1.82) is 0 Å². The summed E-state index contributed by atoms with van der Waals surface area (Å²) >= 11 is 0. The lowest BCUT2D eigenvalue weighted by Crippen LogP contribution is -2.25. The highest BCUT2D eigenvalue weighted by Crippen LogP contribution is 2.19. The Morgan fingerprint density at radius 3 is 2.69 bits per heavy atom. The molecule has 0 aliphatic heterocycles. The Morgan fingerprint density at radius 2 is 2.06 bits per heavy atom. The standard InChI is InChI=1S/C13H20FNO/c1-3-13(15-9-10-16-4-2)11-7-5-6-8-12(11)14/h5-8,13,15H,3-4,9-10H2,1-2H3. The lowest BCUT2D eigenvalue weighted by molar-refractivity contribution is 0.146. The van der Waals surface area contributed by atoms with Crippen LogP contribution >= 0.6 is 0 Å². The summed E-state index contributed by atoms with van der Waals surface area (Å²) in [6, 6.07) is 6.98. The smallest absolute Gasteiger partial charge is 0.127 e. The maximum Gasteiger partial charge on any atom is 0.127 e. The van der Waals surface area contributed by atoms with Gasteiger partial charge in [-0.05, 0) is 19.4 Å². The summed E-state index contributed by atoms with van der Waals surface area (Å²) in [6.45, 7) is 6.15. The molecule has 1 aromatic rings. The third kappa shape index (κ3) is 3.91. The van der Waals surface area contributed by atoms with Crippen molar-refractivity contribution in [2.75, 3.05) is 19.8 Å². The fraction of sp³-hybridized carbons (Fsp3) is 0.538. The molecule has 1 N–H and O–H groups in total. The van der Waals surface area contributed by atoms with E-state index >= 15 is 0 Å². The number of hydrogen-bond donors (Lipinski definition) is 1. The fourth-order valence-electron chi connectivity index (χ4n) is 1.68. The molecule has 1 atom stereocenters. The number of benzene rings is 1. The van der Waals surface area contributed by atoms with Gasteiger partial charge in [0.2, 0.25) is 0 Å². The van der Waals surface area contributed by atoms with Crippen LogP contribution in [-0.4, -0.2) is 19.8 Å². The molecule has 0 bridgehead atoms. The first-order chi connectivity index (χ1) is 7.79. The molecule has 0 saturated heterocycles. The SMILES string of the molecule is CCOCCNC(CC)c1ccccc1F. The molecular formula is C13H20FNO. The summed E-state index contributed by atoms with van der Waals surface area (Å²) in [5.41, 5.74) is 0.737. The van der Waals surface area contributed by atoms with E-state index in [1.54, 1.807) is 6.07 Å². The van der Waals surface area contributed by atoms with E-state index < -0.39 is 0 Å². The van der Waals surface area contributed by atoms with E-state index in [9.17, 15) is 4.39 Å². The molecule has 0 aliphatic carbocycles. The molecule has 0 heterocycles. The van der Waals surface area contributed by atoms with E-state index in [0.29, 0.717) is 6.61 Å². The van der Waals surface area contributed by atoms with Crippen LogP contribution in [0.4, 0.5) is 4.39 Å². The molecule has 0 fully saturated rings. The zero-order valence-electron chi connectivity index (χ0n) is 10.0. The maximum absolute atomic E-state index is 13.5. The topological polar surface area (TPSA) is 21.3 Å². The average Bonchev–Trinajstić information content (AvgIpc) is 2.31. The van der Waals surface area contributed by atoms with Crippen LogP contribution in [0.1, 0.15) is 31.9 Å². The number of rotatable bonds is 7. The molecule has 1 aromatic carbocycles. The van der Waals surface area contributed by atoms with Crippen LogP contribution in [0.25, 0.3) is 0 Å². The van der Waals surface area contributed by atoms with Crippen molar-refractivity contribution in [2.45, 2.75) is 26.3 Å². The summed E-state index contributed by atoms with van der Waals surface area (Å²) in [5.74, 6) is -0.141. The van der Waals surface area contributed by atoms with Gasteiger partial charge < -0.3 is 10.1 Å². The lowest BCUT2D eigenvalue weighted by atomic mass is 10.0. The number of ether oxygens (including phenoxy) is 1. The van der Waals surface area contributed by atoms with Gasteiger partial charge in [0.05, 0.1) is 6.61 Å². The number of hydrogen-bond acceptors (Lipinski definition) is 2. The third-order valence-corrected chi connectivity index (χ3v) is 2.53. The van der Waals surface area contributed by atoms with Gasteiger partial charge in [-0.2, -0.15) is 0 Å². The van der Waals surface area contributed by atoms with Crippen molar-refractivity contribution in [1.82, 2.24) is 5.32 Å². The summed E-state index contributed by atoms with van der Waals surface area (Å²) < 4.78 is 18.8. The highest BCUT2D eigenvalue weighted by Gasteiger charge is 2.11. The van der Waals surface area contributed by atoms with Crippen LogP contribution < -0.4 is 5.32 Å². The van der Waals surface area contributed by atoms with E-state index in [2.05, 4.69) is 5.32 Å². The molecule has 0 saturated carbocycles. The van der Waals surface area contributed by atoms with E-state index in [0.717, 1.165) is 25.1 Å². The van der Waals surface area contributed by atoms with E-state index in [1.165, 1.54) is 6.07 Å². The number of nitrogens with one attached hydrogen (secondary N) is 1. The molecular weight excluding hydrogens is 205 g/mol. The van der Waals surface area contributed by atoms with Gasteiger partial charge >= 0.3 is 0 Å². The van der Waals surface area contributed by atoms with Crippen LogP contribution in [0.2, 0.25) is 0 Å². The molecule has 0 aliphatic rings. The Kier molecular flexibility index (Phi) is 6.04. The predicted molar refractivity (Wildman–Crippen MR) is 63.9 cm³/mol. The Bertz CT molecular complexity index is 304. The molecule has 0 amide bonds. The van der Waals surface area contributed by atoms with Crippen LogP contribution in [0.5, 0.6) is 0 Å². The van der Waals surface area contributed by atoms with Crippen LogP contribution in [-0.2, 0) is 4.74 Å². The molecule has 2 nitrogen and oxygen atoms in total. The van der Waals surface area contributed by atoms with Crippen molar-refractivity contribution in [3.05, 3.63) is 35.6 Å². The van der Waals surface area contributed by atoms with Crippen LogP contribution in [0, 0.1) is 5.82 Å². The third-order valence-electron chi connectivity index (χ3n) is 2.53. The Morgan fingerprint density at radius 1 is 1.31 bits per heavy atom. The Hall–Kier alpha value is -0.930. The van der Waals surface area contributed by atoms with Crippen molar-refractivity contribution in [3.8, 4) is 0 Å². The van der Waals surface area contributed by atoms with Gasteiger partial charge in [0, 0.05) is 24.8 Å². The van der Waals surface area contributed by atoms with Crippen molar-refractivity contribution in [3.63, 3.8) is 0 Å². The average molecular weight is 225 g/mol. The summed E-state index contributed by atoms with van der Waals surface area (Å²) in [5, 5.41) is 3.30. The van der Waals surface area contributed by atoms with Gasteiger partial charge in [0.15, 0.2) is 0 Å². The lowest BCUT2D eigenvalue weighted by Gasteiger charge is -2.17. The largest absolute Gasteiger partial charge is 0.380 e. The van der Waals surface area contributed by atoms with Gasteiger partial charge in [-0.25, -0.2) is 4.39 Å². The molecule has 16 heavy (non-hydrogen) atoms.